The van der Waals surface area contributed by atoms with Crippen molar-refractivity contribution in [1.29, 1.82) is 0 Å². The number of nitro groups is 1. The Bertz CT molecular complexity index is 493. The van der Waals surface area contributed by atoms with Crippen LogP contribution in [0.25, 0.3) is 0 Å². The van der Waals surface area contributed by atoms with Crippen LogP contribution in [-0.2, 0) is 6.54 Å². The molecule has 0 amide bonds. The summed E-state index contributed by atoms with van der Waals surface area (Å²) in [6.45, 7) is 2.58. The predicted octanol–water partition coefficient (Wildman–Crippen LogP) is 2.26. The summed E-state index contributed by atoms with van der Waals surface area (Å²) in [5.74, 6) is -0.756. The van der Waals surface area contributed by atoms with Crippen LogP contribution in [0.2, 0.25) is 0 Å². The lowest BCUT2D eigenvalue weighted by molar-refractivity contribution is -0.387. The summed E-state index contributed by atoms with van der Waals surface area (Å²) in [4.78, 5) is 14.4. The minimum atomic E-state index is -0.756. The number of likely N-dealkylation sites (N-methyl/N-ethyl adjacent to an activating group) is 1. The van der Waals surface area contributed by atoms with Crippen LogP contribution in [-0.4, -0.2) is 47.9 Å². The van der Waals surface area contributed by atoms with Gasteiger partial charge in [0.2, 0.25) is 5.82 Å². The molecule has 1 aromatic rings. The zero-order valence-electron chi connectivity index (χ0n) is 11.9. The first-order valence-electron chi connectivity index (χ1n) is 6.79. The highest BCUT2D eigenvalue weighted by molar-refractivity contribution is 5.35. The van der Waals surface area contributed by atoms with E-state index in [1.807, 2.05) is 0 Å². The van der Waals surface area contributed by atoms with Crippen molar-refractivity contribution in [2.45, 2.75) is 25.4 Å². The SMILES string of the molecule is CN(C)C1CCCN(Cc2ccc([N+](=O)[O-])c(F)c2)C1. The largest absolute Gasteiger partial charge is 0.305 e. The van der Waals surface area contributed by atoms with Gasteiger partial charge in [-0.15, -0.1) is 0 Å². The molecule has 1 aliphatic rings. The maximum Gasteiger partial charge on any atom is 0.304 e. The van der Waals surface area contributed by atoms with Crippen LogP contribution in [0.3, 0.4) is 0 Å². The Labute approximate surface area is 118 Å². The van der Waals surface area contributed by atoms with Gasteiger partial charge in [-0.1, -0.05) is 6.07 Å². The molecule has 0 N–H and O–H groups in total. The molecular weight excluding hydrogens is 261 g/mol. The molecule has 0 aliphatic carbocycles. The highest BCUT2D eigenvalue weighted by Gasteiger charge is 2.22. The van der Waals surface area contributed by atoms with Gasteiger partial charge in [0.05, 0.1) is 4.92 Å². The number of nitro benzene ring substituents is 1. The number of benzene rings is 1. The first kappa shape index (κ1) is 14.9. The van der Waals surface area contributed by atoms with Crippen LogP contribution in [0.4, 0.5) is 10.1 Å². The highest BCUT2D eigenvalue weighted by atomic mass is 19.1. The molecular formula is C14H20FN3O2. The average molecular weight is 281 g/mol. The molecule has 110 valence electrons. The van der Waals surface area contributed by atoms with Gasteiger partial charge in [-0.05, 0) is 45.1 Å². The zero-order valence-corrected chi connectivity index (χ0v) is 11.9. The first-order chi connectivity index (χ1) is 9.47. The Morgan fingerprint density at radius 3 is 2.85 bits per heavy atom. The molecule has 0 saturated carbocycles. The fourth-order valence-electron chi connectivity index (χ4n) is 2.65. The quantitative estimate of drug-likeness (QED) is 0.627. The number of rotatable bonds is 4. The van der Waals surface area contributed by atoms with Crippen LogP contribution in [0.15, 0.2) is 18.2 Å². The number of hydrogen-bond donors (Lipinski definition) is 0. The summed E-state index contributed by atoms with van der Waals surface area (Å²) in [5.41, 5.74) is 0.325. The number of halogens is 1. The van der Waals surface area contributed by atoms with Gasteiger partial charge in [-0.3, -0.25) is 15.0 Å². The predicted molar refractivity (Wildman–Crippen MR) is 75.0 cm³/mol. The van der Waals surface area contributed by atoms with E-state index in [1.165, 1.54) is 18.6 Å². The summed E-state index contributed by atoms with van der Waals surface area (Å²) in [7, 11) is 4.14. The van der Waals surface area contributed by atoms with Crippen LogP contribution < -0.4 is 0 Å². The molecule has 1 heterocycles. The first-order valence-corrected chi connectivity index (χ1v) is 6.79. The zero-order chi connectivity index (χ0) is 14.7. The Kier molecular flexibility index (Phi) is 4.67. The maximum atomic E-state index is 13.6. The second kappa shape index (κ2) is 6.28. The van der Waals surface area contributed by atoms with Crippen molar-refractivity contribution in [3.63, 3.8) is 0 Å². The van der Waals surface area contributed by atoms with Crippen molar-refractivity contribution in [3.8, 4) is 0 Å². The average Bonchev–Trinajstić information content (AvgIpc) is 2.38. The van der Waals surface area contributed by atoms with Crippen LogP contribution in [0.5, 0.6) is 0 Å². The third-order valence-electron chi connectivity index (χ3n) is 3.83. The van der Waals surface area contributed by atoms with E-state index in [2.05, 4.69) is 23.9 Å². The third kappa shape index (κ3) is 3.52. The van der Waals surface area contributed by atoms with Gasteiger partial charge >= 0.3 is 5.69 Å². The maximum absolute atomic E-state index is 13.6. The molecule has 1 saturated heterocycles. The molecule has 0 spiro atoms. The van der Waals surface area contributed by atoms with Crippen molar-refractivity contribution in [3.05, 3.63) is 39.7 Å². The van der Waals surface area contributed by atoms with E-state index in [9.17, 15) is 14.5 Å². The standard InChI is InChI=1S/C14H20FN3O2/c1-16(2)12-4-3-7-17(10-12)9-11-5-6-14(18(19)20)13(15)8-11/h5-6,8,12H,3-4,7,9-10H2,1-2H3. The van der Waals surface area contributed by atoms with E-state index >= 15 is 0 Å². The lowest BCUT2D eigenvalue weighted by atomic mass is 10.0. The van der Waals surface area contributed by atoms with Gasteiger partial charge in [0.15, 0.2) is 0 Å². The Balaban J connectivity index is 2.03. The molecule has 1 aliphatic heterocycles. The molecule has 20 heavy (non-hydrogen) atoms. The summed E-state index contributed by atoms with van der Waals surface area (Å²) in [5, 5.41) is 10.6. The van der Waals surface area contributed by atoms with Gasteiger partial charge in [0, 0.05) is 25.2 Å². The number of nitrogens with zero attached hydrogens (tertiary/aromatic N) is 3. The molecule has 0 aromatic heterocycles. The molecule has 2 rings (SSSR count). The Morgan fingerprint density at radius 1 is 1.50 bits per heavy atom. The number of piperidine rings is 1. The van der Waals surface area contributed by atoms with Gasteiger partial charge < -0.3 is 4.90 Å². The van der Waals surface area contributed by atoms with Crippen molar-refractivity contribution >= 4 is 5.69 Å². The highest BCUT2D eigenvalue weighted by Crippen LogP contribution is 2.21. The fraction of sp³-hybridized carbons (Fsp3) is 0.571. The van der Waals surface area contributed by atoms with E-state index in [4.69, 9.17) is 0 Å². The Hall–Kier alpha value is -1.53. The van der Waals surface area contributed by atoms with Crippen LogP contribution in [0.1, 0.15) is 18.4 Å². The summed E-state index contributed by atoms with van der Waals surface area (Å²) < 4.78 is 13.6. The third-order valence-corrected chi connectivity index (χ3v) is 3.83. The smallest absolute Gasteiger partial charge is 0.304 e. The van der Waals surface area contributed by atoms with E-state index in [0.29, 0.717) is 12.6 Å². The van der Waals surface area contributed by atoms with E-state index in [1.54, 1.807) is 6.07 Å². The second-order valence-electron chi connectivity index (χ2n) is 5.54. The van der Waals surface area contributed by atoms with Crippen molar-refractivity contribution in [2.24, 2.45) is 0 Å². The van der Waals surface area contributed by atoms with E-state index in [-0.39, 0.29) is 0 Å². The molecule has 5 nitrogen and oxygen atoms in total. The molecule has 0 radical (unpaired) electrons. The molecule has 0 bridgehead atoms. The van der Waals surface area contributed by atoms with Crippen LogP contribution in [0, 0.1) is 15.9 Å². The van der Waals surface area contributed by atoms with Gasteiger partial charge in [0.1, 0.15) is 0 Å². The summed E-state index contributed by atoms with van der Waals surface area (Å²) in [6, 6.07) is 4.68. The molecule has 1 atom stereocenters. The monoisotopic (exact) mass is 281 g/mol. The lowest BCUT2D eigenvalue weighted by Gasteiger charge is -2.36. The second-order valence-corrected chi connectivity index (χ2v) is 5.54. The summed E-state index contributed by atoms with van der Waals surface area (Å²) >= 11 is 0. The molecule has 6 heteroatoms. The lowest BCUT2D eigenvalue weighted by Crippen LogP contribution is -2.44. The normalized spacial score (nSPS) is 20.3. The van der Waals surface area contributed by atoms with Crippen LogP contribution >= 0.6 is 0 Å². The van der Waals surface area contributed by atoms with E-state index in [0.717, 1.165) is 25.1 Å². The molecule has 1 aromatic carbocycles. The fourth-order valence-corrected chi connectivity index (χ4v) is 2.65. The number of hydrogen-bond acceptors (Lipinski definition) is 4. The minimum absolute atomic E-state index is 0.460. The molecule has 1 unspecified atom stereocenters. The van der Waals surface area contributed by atoms with Crippen molar-refractivity contribution in [1.82, 2.24) is 9.80 Å². The van der Waals surface area contributed by atoms with Crippen molar-refractivity contribution in [2.75, 3.05) is 27.2 Å². The van der Waals surface area contributed by atoms with Gasteiger partial charge in [-0.2, -0.15) is 4.39 Å². The topological polar surface area (TPSA) is 49.6 Å². The van der Waals surface area contributed by atoms with Crippen molar-refractivity contribution < 1.29 is 9.31 Å². The Morgan fingerprint density at radius 2 is 2.25 bits per heavy atom. The van der Waals surface area contributed by atoms with Gasteiger partial charge in [0.25, 0.3) is 0 Å². The summed E-state index contributed by atoms with van der Waals surface area (Å²) in [6.07, 6.45) is 2.30. The minimum Gasteiger partial charge on any atom is -0.305 e. The molecule has 1 fully saturated rings. The van der Waals surface area contributed by atoms with E-state index < -0.39 is 16.4 Å². The number of likely N-dealkylation sites (tertiary alicyclic amines) is 1. The van der Waals surface area contributed by atoms with Gasteiger partial charge in [-0.25, -0.2) is 0 Å².